The van der Waals surface area contributed by atoms with Crippen LogP contribution in [0.25, 0.3) is 0 Å². The first-order valence-corrected chi connectivity index (χ1v) is 9.11. The number of carbonyl (C=O) groups is 1. The van der Waals surface area contributed by atoms with E-state index in [2.05, 4.69) is 4.74 Å². The van der Waals surface area contributed by atoms with Crippen molar-refractivity contribution in [1.29, 1.82) is 0 Å². The average Bonchev–Trinajstić information content (AvgIpc) is 2.45. The summed E-state index contributed by atoms with van der Waals surface area (Å²) in [5.41, 5.74) is 1.03. The first kappa shape index (κ1) is 16.9. The minimum atomic E-state index is -2.54. The normalized spacial score (nSPS) is 13.7. The topological polar surface area (TPSA) is 52.6 Å². The molecule has 0 spiro atoms. The summed E-state index contributed by atoms with van der Waals surface area (Å²) in [4.78, 5) is 10.9. The van der Waals surface area contributed by atoms with Gasteiger partial charge in [-0.15, -0.1) is 0 Å². The van der Waals surface area contributed by atoms with Gasteiger partial charge < -0.3 is 9.26 Å². The van der Waals surface area contributed by atoms with Crippen molar-refractivity contribution in [2.45, 2.75) is 32.3 Å². The highest BCUT2D eigenvalue weighted by Crippen LogP contribution is 2.44. The summed E-state index contributed by atoms with van der Waals surface area (Å²) in [6.45, 7) is 2.06. The maximum Gasteiger partial charge on any atom is 0.305 e. The monoisotopic (exact) mass is 298 g/mol. The number of hydrogen-bond acceptors (Lipinski definition) is 4. The highest BCUT2D eigenvalue weighted by Gasteiger charge is 2.15. The van der Waals surface area contributed by atoms with E-state index in [4.69, 9.17) is 4.52 Å². The van der Waals surface area contributed by atoms with E-state index >= 15 is 0 Å². The quantitative estimate of drug-likeness (QED) is 0.395. The Morgan fingerprint density at radius 3 is 2.50 bits per heavy atom. The van der Waals surface area contributed by atoms with E-state index in [0.29, 0.717) is 19.2 Å². The van der Waals surface area contributed by atoms with Crippen LogP contribution in [0.4, 0.5) is 0 Å². The van der Waals surface area contributed by atoms with Crippen molar-refractivity contribution in [2.75, 3.05) is 19.9 Å². The molecular weight excluding hydrogens is 275 g/mol. The fourth-order valence-corrected chi connectivity index (χ4v) is 3.15. The highest BCUT2D eigenvalue weighted by atomic mass is 31.2. The fourth-order valence-electron chi connectivity index (χ4n) is 1.80. The van der Waals surface area contributed by atoms with Crippen LogP contribution in [0.15, 0.2) is 30.3 Å². The van der Waals surface area contributed by atoms with Gasteiger partial charge in [0.15, 0.2) is 0 Å². The Bertz CT molecular complexity index is 444. The van der Waals surface area contributed by atoms with Gasteiger partial charge in [0.2, 0.25) is 7.37 Å². The van der Waals surface area contributed by atoms with Crippen LogP contribution in [-0.4, -0.2) is 25.9 Å². The number of ether oxygens (including phenoxy) is 1. The number of hydrogen-bond donors (Lipinski definition) is 0. The van der Waals surface area contributed by atoms with Gasteiger partial charge in [0.25, 0.3) is 0 Å². The molecule has 0 saturated heterocycles. The summed E-state index contributed by atoms with van der Waals surface area (Å²) < 4.78 is 22.3. The average molecular weight is 298 g/mol. The van der Waals surface area contributed by atoms with Crippen molar-refractivity contribution in [1.82, 2.24) is 0 Å². The van der Waals surface area contributed by atoms with Crippen LogP contribution in [0, 0.1) is 0 Å². The maximum atomic E-state index is 12.2. The lowest BCUT2D eigenvalue weighted by Gasteiger charge is -2.13. The third kappa shape index (κ3) is 7.46. The van der Waals surface area contributed by atoms with Crippen LogP contribution >= 0.6 is 7.37 Å². The van der Waals surface area contributed by atoms with Crippen LogP contribution in [0.1, 0.15) is 31.2 Å². The minimum Gasteiger partial charge on any atom is -0.469 e. The molecule has 0 aromatic heterocycles. The number of rotatable bonds is 9. The summed E-state index contributed by atoms with van der Waals surface area (Å²) in [7, 11) is -1.16. The second kappa shape index (κ2) is 8.93. The van der Waals surface area contributed by atoms with Gasteiger partial charge in [0.05, 0.1) is 13.7 Å². The van der Waals surface area contributed by atoms with Gasteiger partial charge in [-0.3, -0.25) is 9.36 Å². The van der Waals surface area contributed by atoms with Crippen LogP contribution in [-0.2, 0) is 25.2 Å². The Kier molecular flexibility index (Phi) is 7.56. The van der Waals surface area contributed by atoms with Crippen molar-refractivity contribution in [3.05, 3.63) is 35.9 Å². The molecule has 1 unspecified atom stereocenters. The largest absolute Gasteiger partial charge is 0.469 e. The summed E-state index contributed by atoms with van der Waals surface area (Å²) >= 11 is 0. The molecule has 0 N–H and O–H groups in total. The summed E-state index contributed by atoms with van der Waals surface area (Å²) in [5.74, 6) is -0.190. The molecule has 1 aromatic rings. The maximum absolute atomic E-state index is 12.2. The standard InChI is InChI=1S/C15H23O4P/c1-18-15(16)11-7-4-8-12-20(2,17)19-13-14-9-5-3-6-10-14/h3,5-6,9-10H,4,7-8,11-13H2,1-2H3. The van der Waals surface area contributed by atoms with Gasteiger partial charge in [-0.05, 0) is 18.4 Å². The lowest BCUT2D eigenvalue weighted by atomic mass is 10.2. The molecule has 0 aliphatic carbocycles. The Labute approximate surface area is 120 Å². The van der Waals surface area contributed by atoms with Crippen molar-refractivity contribution < 1.29 is 18.6 Å². The van der Waals surface area contributed by atoms with Gasteiger partial charge in [-0.2, -0.15) is 0 Å². The van der Waals surface area contributed by atoms with E-state index in [-0.39, 0.29) is 5.97 Å². The van der Waals surface area contributed by atoms with Crippen LogP contribution < -0.4 is 0 Å². The molecule has 20 heavy (non-hydrogen) atoms. The van der Waals surface area contributed by atoms with E-state index in [1.54, 1.807) is 6.66 Å². The molecule has 0 aliphatic rings. The van der Waals surface area contributed by atoms with E-state index in [9.17, 15) is 9.36 Å². The van der Waals surface area contributed by atoms with E-state index < -0.39 is 7.37 Å². The molecule has 0 amide bonds. The van der Waals surface area contributed by atoms with E-state index in [1.165, 1.54) is 7.11 Å². The van der Waals surface area contributed by atoms with Crippen LogP contribution in [0.5, 0.6) is 0 Å². The van der Waals surface area contributed by atoms with Crippen molar-refractivity contribution >= 4 is 13.3 Å². The minimum absolute atomic E-state index is 0.190. The first-order chi connectivity index (χ1) is 9.53. The predicted octanol–water partition coefficient (Wildman–Crippen LogP) is 3.84. The SMILES string of the molecule is COC(=O)CCCCCP(C)(=O)OCc1ccccc1. The second-order valence-electron chi connectivity index (χ2n) is 4.88. The molecule has 0 saturated carbocycles. The highest BCUT2D eigenvalue weighted by molar-refractivity contribution is 7.58. The van der Waals surface area contributed by atoms with Crippen LogP contribution in [0.2, 0.25) is 0 Å². The van der Waals surface area contributed by atoms with E-state index in [1.807, 2.05) is 30.3 Å². The zero-order valence-electron chi connectivity index (χ0n) is 12.2. The molecule has 0 aliphatic heterocycles. The van der Waals surface area contributed by atoms with Crippen molar-refractivity contribution in [3.8, 4) is 0 Å². The number of esters is 1. The third-order valence-corrected chi connectivity index (χ3v) is 4.82. The molecule has 112 valence electrons. The number of unbranched alkanes of at least 4 members (excludes halogenated alkanes) is 2. The van der Waals surface area contributed by atoms with Gasteiger partial charge in [-0.25, -0.2) is 0 Å². The van der Waals surface area contributed by atoms with Crippen LogP contribution in [0.3, 0.4) is 0 Å². The summed E-state index contributed by atoms with van der Waals surface area (Å²) in [5, 5.41) is 0. The third-order valence-electron chi connectivity index (χ3n) is 3.02. The molecule has 0 fully saturated rings. The Morgan fingerprint density at radius 1 is 1.15 bits per heavy atom. The predicted molar refractivity (Wildman–Crippen MR) is 80.1 cm³/mol. The zero-order chi connectivity index (χ0) is 14.8. The van der Waals surface area contributed by atoms with Gasteiger partial charge in [0.1, 0.15) is 0 Å². The summed E-state index contributed by atoms with van der Waals surface area (Å²) in [6, 6.07) is 9.72. The number of carbonyl (C=O) groups excluding carboxylic acids is 1. The second-order valence-corrected chi connectivity index (χ2v) is 7.62. The van der Waals surface area contributed by atoms with Crippen molar-refractivity contribution in [3.63, 3.8) is 0 Å². The number of benzene rings is 1. The smallest absolute Gasteiger partial charge is 0.305 e. The van der Waals surface area contributed by atoms with E-state index in [0.717, 1.165) is 24.8 Å². The molecule has 5 heteroatoms. The van der Waals surface area contributed by atoms with Crippen molar-refractivity contribution in [2.24, 2.45) is 0 Å². The molecule has 1 aromatic carbocycles. The zero-order valence-corrected chi connectivity index (χ0v) is 13.1. The fraction of sp³-hybridized carbons (Fsp3) is 0.533. The molecule has 4 nitrogen and oxygen atoms in total. The van der Waals surface area contributed by atoms with Gasteiger partial charge in [-0.1, -0.05) is 36.8 Å². The first-order valence-electron chi connectivity index (χ1n) is 6.85. The Balaban J connectivity index is 2.18. The molecule has 1 rings (SSSR count). The molecule has 0 radical (unpaired) electrons. The van der Waals surface area contributed by atoms with Gasteiger partial charge >= 0.3 is 5.97 Å². The lowest BCUT2D eigenvalue weighted by molar-refractivity contribution is -0.140. The Morgan fingerprint density at radius 2 is 1.85 bits per heavy atom. The Hall–Kier alpha value is -1.12. The lowest BCUT2D eigenvalue weighted by Crippen LogP contribution is -2.00. The molecule has 0 heterocycles. The molecule has 0 bridgehead atoms. The number of methoxy groups -OCH3 is 1. The summed E-state index contributed by atoms with van der Waals surface area (Å²) in [6.07, 6.45) is 3.42. The van der Waals surface area contributed by atoms with Gasteiger partial charge in [0, 0.05) is 19.2 Å². The molecule has 1 atom stereocenters. The molecular formula is C15H23O4P.